The predicted octanol–water partition coefficient (Wildman–Crippen LogP) is 4.09. The normalized spacial score (nSPS) is 9.65. The van der Waals surface area contributed by atoms with Gasteiger partial charge >= 0.3 is 0 Å². The minimum absolute atomic E-state index is 0.159. The van der Waals surface area contributed by atoms with Crippen molar-refractivity contribution < 1.29 is 0 Å². The van der Waals surface area contributed by atoms with E-state index in [9.17, 15) is 0 Å². The molecule has 0 amide bonds. The van der Waals surface area contributed by atoms with E-state index < -0.39 is 0 Å². The van der Waals surface area contributed by atoms with Crippen molar-refractivity contribution in [2.45, 2.75) is 40.5 Å². The third-order valence-corrected chi connectivity index (χ3v) is 3.78. The maximum absolute atomic E-state index is 5.25. The highest BCUT2D eigenvalue weighted by atomic mass is 32.1. The lowest BCUT2D eigenvalue weighted by molar-refractivity contribution is 1.02. The molecule has 0 bridgehead atoms. The quantitative estimate of drug-likeness (QED) is 0.227. The van der Waals surface area contributed by atoms with Crippen molar-refractivity contribution in [1.29, 1.82) is 0 Å². The number of thiocarbonyl (C=S) groups is 2. The average molecular weight is 499 g/mol. The van der Waals surface area contributed by atoms with Crippen molar-refractivity contribution in [2.75, 3.05) is 0 Å². The molecule has 0 aliphatic heterocycles. The Bertz CT molecular complexity index is 1020. The van der Waals surface area contributed by atoms with Gasteiger partial charge in [-0.15, -0.1) is 0 Å². The van der Waals surface area contributed by atoms with Gasteiger partial charge in [-0.25, -0.2) is 0 Å². The van der Waals surface area contributed by atoms with Gasteiger partial charge in [-0.1, -0.05) is 58.0 Å². The van der Waals surface area contributed by atoms with E-state index in [0.717, 1.165) is 16.8 Å². The van der Waals surface area contributed by atoms with Crippen LogP contribution in [0, 0.1) is 0 Å². The first-order valence-corrected chi connectivity index (χ1v) is 11.7. The van der Waals surface area contributed by atoms with Crippen LogP contribution in [0.4, 0.5) is 0 Å². The van der Waals surface area contributed by atoms with E-state index in [-0.39, 0.29) is 10.2 Å². The summed E-state index contributed by atoms with van der Waals surface area (Å²) < 4.78 is 0. The number of rotatable bonds is 6. The molecule has 0 atom stereocenters. The standard InChI is InChI=1S/C12H12N4S.C8H10N4S.2C2H6/c13-12(17)16-15-8-6-11-10-4-2-1-3-9(10)5-7-14-11;9-8(13)12-11-6-4-7-3-1-2-5-10-7;2*1-2/h1-5,7-8H,6H2,(H3,13,16,17);1-3,5-6H,4H2,(H3,9,12,13);2*1-2H3/b15-8+;11-6-;;. The van der Waals surface area contributed by atoms with Gasteiger partial charge in [-0.2, -0.15) is 10.2 Å². The van der Waals surface area contributed by atoms with Gasteiger partial charge in [0.25, 0.3) is 0 Å². The molecule has 0 fully saturated rings. The number of benzene rings is 1. The smallest absolute Gasteiger partial charge is 0.184 e. The van der Waals surface area contributed by atoms with Crippen molar-refractivity contribution in [1.82, 2.24) is 20.8 Å². The summed E-state index contributed by atoms with van der Waals surface area (Å²) in [6, 6.07) is 15.8. The SMILES string of the molecule is CC.CC.NC(=S)N/N=C/Cc1nccc2ccccc12.NC(=S)N/N=C\Cc1ccccn1. The molecule has 34 heavy (non-hydrogen) atoms. The Labute approximate surface area is 213 Å². The van der Waals surface area contributed by atoms with Crippen LogP contribution in [0.2, 0.25) is 0 Å². The number of nitrogens with zero attached hydrogens (tertiary/aromatic N) is 4. The zero-order valence-corrected chi connectivity index (χ0v) is 21.7. The molecule has 0 unspecified atom stereocenters. The van der Waals surface area contributed by atoms with Crippen LogP contribution < -0.4 is 22.3 Å². The molecular weight excluding hydrogens is 464 g/mol. The van der Waals surface area contributed by atoms with Crippen LogP contribution in [0.25, 0.3) is 10.8 Å². The van der Waals surface area contributed by atoms with Crippen LogP contribution in [0.1, 0.15) is 39.1 Å². The summed E-state index contributed by atoms with van der Waals surface area (Å²) >= 11 is 9.20. The molecule has 10 heteroatoms. The second kappa shape index (κ2) is 20.1. The Balaban J connectivity index is 0.000000574. The minimum Gasteiger partial charge on any atom is -0.375 e. The molecule has 8 nitrogen and oxygen atoms in total. The summed E-state index contributed by atoms with van der Waals surface area (Å²) in [5.74, 6) is 0. The fourth-order valence-corrected chi connectivity index (χ4v) is 2.46. The molecule has 2 aromatic heterocycles. The maximum atomic E-state index is 5.25. The Kier molecular flexibility index (Phi) is 18.1. The van der Waals surface area contributed by atoms with E-state index in [1.54, 1.807) is 24.8 Å². The topological polar surface area (TPSA) is 127 Å². The summed E-state index contributed by atoms with van der Waals surface area (Å²) in [7, 11) is 0. The van der Waals surface area contributed by atoms with Crippen LogP contribution in [0.5, 0.6) is 0 Å². The third kappa shape index (κ3) is 13.8. The Morgan fingerprint density at radius 2 is 1.38 bits per heavy atom. The molecule has 0 saturated heterocycles. The van der Waals surface area contributed by atoms with E-state index in [1.807, 2.05) is 70.2 Å². The average Bonchev–Trinajstić information content (AvgIpc) is 2.88. The van der Waals surface area contributed by atoms with E-state index in [1.165, 1.54) is 5.39 Å². The Morgan fingerprint density at radius 3 is 1.97 bits per heavy atom. The van der Waals surface area contributed by atoms with Crippen LogP contribution in [0.3, 0.4) is 0 Å². The van der Waals surface area contributed by atoms with Crippen LogP contribution in [-0.2, 0) is 12.8 Å². The van der Waals surface area contributed by atoms with Gasteiger partial charge in [0.15, 0.2) is 10.2 Å². The van der Waals surface area contributed by atoms with Gasteiger partial charge in [0.2, 0.25) is 0 Å². The fourth-order valence-electron chi connectivity index (χ4n) is 2.35. The molecule has 3 aromatic rings. The molecule has 0 aliphatic rings. The Hall–Kier alpha value is -3.50. The highest BCUT2D eigenvalue weighted by Gasteiger charge is 1.99. The summed E-state index contributed by atoms with van der Waals surface area (Å²) in [5.41, 5.74) is 17.3. The van der Waals surface area contributed by atoms with Gasteiger partial charge in [-0.3, -0.25) is 20.8 Å². The van der Waals surface area contributed by atoms with Crippen LogP contribution in [0.15, 0.2) is 71.1 Å². The summed E-state index contributed by atoms with van der Waals surface area (Å²) in [5, 5.41) is 10.3. The molecule has 0 spiro atoms. The minimum atomic E-state index is 0.159. The molecule has 182 valence electrons. The van der Waals surface area contributed by atoms with Crippen LogP contribution >= 0.6 is 24.4 Å². The highest BCUT2D eigenvalue weighted by molar-refractivity contribution is 7.80. The molecular formula is C24H34N8S2. The molecule has 0 saturated carbocycles. The lowest BCUT2D eigenvalue weighted by Crippen LogP contribution is -2.24. The predicted molar refractivity (Wildman–Crippen MR) is 153 cm³/mol. The molecule has 3 rings (SSSR count). The van der Waals surface area contributed by atoms with E-state index in [4.69, 9.17) is 11.5 Å². The zero-order chi connectivity index (χ0) is 25.6. The van der Waals surface area contributed by atoms with Crippen molar-refractivity contribution in [3.63, 3.8) is 0 Å². The lowest BCUT2D eigenvalue weighted by Gasteiger charge is -2.02. The fraction of sp³-hybridized carbons (Fsp3) is 0.250. The first-order chi connectivity index (χ1) is 16.6. The third-order valence-electron chi connectivity index (χ3n) is 3.60. The van der Waals surface area contributed by atoms with Crippen molar-refractivity contribution in [3.8, 4) is 0 Å². The number of hydrogen-bond donors (Lipinski definition) is 4. The zero-order valence-electron chi connectivity index (χ0n) is 20.1. The Morgan fingerprint density at radius 1 is 0.794 bits per heavy atom. The number of fused-ring (bicyclic) bond motifs is 1. The number of hydrogen-bond acceptors (Lipinski definition) is 6. The second-order valence-corrected chi connectivity index (χ2v) is 6.66. The van der Waals surface area contributed by atoms with E-state index >= 15 is 0 Å². The molecule has 2 heterocycles. The first-order valence-electron chi connectivity index (χ1n) is 10.9. The van der Waals surface area contributed by atoms with E-state index in [2.05, 4.69) is 61.5 Å². The van der Waals surface area contributed by atoms with E-state index in [0.29, 0.717) is 12.8 Å². The maximum Gasteiger partial charge on any atom is 0.184 e. The second-order valence-electron chi connectivity index (χ2n) is 5.78. The van der Waals surface area contributed by atoms with Crippen LogP contribution in [-0.4, -0.2) is 32.6 Å². The van der Waals surface area contributed by atoms with Gasteiger partial charge in [0, 0.05) is 48.7 Å². The van der Waals surface area contributed by atoms with Gasteiger partial charge in [0.1, 0.15) is 0 Å². The summed E-state index contributed by atoms with van der Waals surface area (Å²) in [6.07, 6.45) is 8.21. The lowest BCUT2D eigenvalue weighted by atomic mass is 10.1. The first kappa shape index (κ1) is 30.5. The van der Waals surface area contributed by atoms with Gasteiger partial charge in [0.05, 0.1) is 5.69 Å². The summed E-state index contributed by atoms with van der Waals surface area (Å²) in [6.45, 7) is 8.00. The molecule has 0 radical (unpaired) electrons. The summed E-state index contributed by atoms with van der Waals surface area (Å²) in [4.78, 5) is 8.45. The number of nitrogens with two attached hydrogens (primary N) is 2. The number of hydrazone groups is 2. The van der Waals surface area contributed by atoms with Gasteiger partial charge in [-0.05, 0) is 48.0 Å². The number of nitrogens with one attached hydrogen (secondary N) is 2. The molecule has 0 aliphatic carbocycles. The van der Waals surface area contributed by atoms with Gasteiger partial charge < -0.3 is 11.5 Å². The molecule has 1 aromatic carbocycles. The van der Waals surface area contributed by atoms with Crippen molar-refractivity contribution in [3.05, 3.63) is 72.3 Å². The van der Waals surface area contributed by atoms with Crippen molar-refractivity contribution >= 4 is 57.9 Å². The molecule has 6 N–H and O–H groups in total. The largest absolute Gasteiger partial charge is 0.375 e. The highest BCUT2D eigenvalue weighted by Crippen LogP contribution is 2.15. The monoisotopic (exact) mass is 498 g/mol. The number of aromatic nitrogens is 2. The number of pyridine rings is 2. The van der Waals surface area contributed by atoms with Crippen molar-refractivity contribution in [2.24, 2.45) is 21.7 Å².